The second-order valence-electron chi connectivity index (χ2n) is 14.3. The number of benzene rings is 5. The molecule has 0 radical (unpaired) electrons. The maximum absolute atomic E-state index is 6.94. The molecule has 0 amide bonds. The summed E-state index contributed by atoms with van der Waals surface area (Å²) in [6.07, 6.45) is 7.99. The highest BCUT2D eigenvalue weighted by Crippen LogP contribution is 2.56. The van der Waals surface area contributed by atoms with E-state index in [2.05, 4.69) is 146 Å². The van der Waals surface area contributed by atoms with Gasteiger partial charge in [-0.1, -0.05) is 84.6 Å². The first-order valence-corrected chi connectivity index (χ1v) is 18.8. The van der Waals surface area contributed by atoms with Gasteiger partial charge in [-0.15, -0.1) is 0 Å². The minimum absolute atomic E-state index is 0.603. The Hall–Kier alpha value is -5.39. The summed E-state index contributed by atoms with van der Waals surface area (Å²) >= 11 is 1.83. The SMILES string of the molecule is Cc1cccc(C)c1-c1cc(Oc2cccc(C3(c4ccccn4)c4ccccc4Sc4ccccc43)c2)cc(-n2cc3c(n2)[C@@H]2CC[C@H]3C2)c1. The molecule has 2 aliphatic carbocycles. The van der Waals surface area contributed by atoms with Crippen molar-refractivity contribution in [3.63, 3.8) is 0 Å². The van der Waals surface area contributed by atoms with Crippen LogP contribution < -0.4 is 4.74 Å². The summed E-state index contributed by atoms with van der Waals surface area (Å²) in [5.74, 6) is 2.82. The molecule has 0 N–H and O–H groups in total. The number of aryl methyl sites for hydroxylation is 2. The Labute approximate surface area is 303 Å². The van der Waals surface area contributed by atoms with E-state index in [1.54, 1.807) is 0 Å². The predicted octanol–water partition coefficient (Wildman–Crippen LogP) is 11.6. The molecule has 1 saturated carbocycles. The molecule has 2 atom stereocenters. The van der Waals surface area contributed by atoms with Gasteiger partial charge in [-0.2, -0.15) is 5.10 Å². The van der Waals surface area contributed by atoms with Crippen LogP contribution in [0.15, 0.2) is 150 Å². The van der Waals surface area contributed by atoms with Crippen molar-refractivity contribution >= 4 is 11.8 Å². The van der Waals surface area contributed by atoms with Gasteiger partial charge < -0.3 is 4.74 Å². The third-order valence-corrected chi connectivity index (χ3v) is 12.5. The van der Waals surface area contributed by atoms with Gasteiger partial charge >= 0.3 is 0 Å². The number of rotatable bonds is 6. The predicted molar refractivity (Wildman–Crippen MR) is 205 cm³/mol. The highest BCUT2D eigenvalue weighted by atomic mass is 32.2. The van der Waals surface area contributed by atoms with Gasteiger partial charge in [-0.25, -0.2) is 4.68 Å². The van der Waals surface area contributed by atoms with Crippen LogP contribution in [0.5, 0.6) is 11.5 Å². The van der Waals surface area contributed by atoms with Gasteiger partial charge in [0, 0.05) is 34.2 Å². The van der Waals surface area contributed by atoms with Crippen LogP contribution in [0.3, 0.4) is 0 Å². The molecule has 3 aliphatic rings. The van der Waals surface area contributed by atoms with Crippen LogP contribution in [0.25, 0.3) is 16.8 Å². The maximum Gasteiger partial charge on any atom is 0.130 e. The Balaban J connectivity index is 1.13. The van der Waals surface area contributed by atoms with E-state index in [-0.39, 0.29) is 0 Å². The second-order valence-corrected chi connectivity index (χ2v) is 15.4. The standard InChI is InChI=1S/C46H37N3OS/c1-29-11-9-12-30(2)44(29)33-24-35(49-28-38-31-20-21-32(23-31)45(38)48-49)27-37(25-33)50-36-14-10-13-34(26-36)46(43-19-7-8-22-47-43)39-15-3-5-17-41(39)51-42-18-6-4-16-40(42)46/h3-19,22,24-28,31-32H,20-21,23H2,1-2H3/t31-,32+/m0/s1. The molecule has 3 heterocycles. The molecule has 1 aliphatic heterocycles. The lowest BCUT2D eigenvalue weighted by Crippen LogP contribution is -2.34. The van der Waals surface area contributed by atoms with E-state index < -0.39 is 5.41 Å². The van der Waals surface area contributed by atoms with Gasteiger partial charge in [0.15, 0.2) is 0 Å². The normalized spacial score (nSPS) is 17.8. The summed E-state index contributed by atoms with van der Waals surface area (Å²) in [5.41, 5.74) is 12.5. The summed E-state index contributed by atoms with van der Waals surface area (Å²) in [5, 5.41) is 5.18. The van der Waals surface area contributed by atoms with Crippen LogP contribution in [0.1, 0.15) is 75.9 Å². The van der Waals surface area contributed by atoms with Gasteiger partial charge in [0.05, 0.1) is 22.5 Å². The van der Waals surface area contributed by atoms with Gasteiger partial charge in [-0.3, -0.25) is 4.98 Å². The van der Waals surface area contributed by atoms with Crippen molar-refractivity contribution in [2.75, 3.05) is 0 Å². The highest BCUT2D eigenvalue weighted by molar-refractivity contribution is 7.99. The number of hydrogen-bond acceptors (Lipinski definition) is 4. The van der Waals surface area contributed by atoms with Crippen LogP contribution in [0.2, 0.25) is 0 Å². The van der Waals surface area contributed by atoms with Crippen molar-refractivity contribution in [1.82, 2.24) is 14.8 Å². The number of hydrogen-bond donors (Lipinski definition) is 0. The zero-order valence-corrected chi connectivity index (χ0v) is 29.5. The molecular weight excluding hydrogens is 643 g/mol. The third-order valence-electron chi connectivity index (χ3n) is 11.3. The third kappa shape index (κ3) is 4.82. The summed E-state index contributed by atoms with van der Waals surface area (Å²) in [6.45, 7) is 4.38. The van der Waals surface area contributed by atoms with Crippen molar-refractivity contribution in [3.05, 3.63) is 185 Å². The van der Waals surface area contributed by atoms with E-state index in [0.29, 0.717) is 11.8 Å². The molecule has 0 unspecified atom stereocenters. The molecule has 5 heteroatoms. The van der Waals surface area contributed by atoms with Crippen LogP contribution in [0.4, 0.5) is 0 Å². The van der Waals surface area contributed by atoms with Crippen LogP contribution in [-0.4, -0.2) is 14.8 Å². The summed E-state index contributed by atoms with van der Waals surface area (Å²) in [6, 6.07) is 45.5. The maximum atomic E-state index is 6.94. The average Bonchev–Trinajstić information content (AvgIpc) is 3.90. The molecule has 0 spiro atoms. The largest absolute Gasteiger partial charge is 0.457 e. The molecule has 5 aromatic carbocycles. The molecule has 2 aromatic heterocycles. The number of nitrogens with zero attached hydrogens (tertiary/aromatic N) is 3. The molecule has 10 rings (SSSR count). The lowest BCUT2D eigenvalue weighted by Gasteiger charge is -2.40. The minimum atomic E-state index is -0.626. The molecule has 51 heavy (non-hydrogen) atoms. The Morgan fingerprint density at radius 3 is 2.18 bits per heavy atom. The van der Waals surface area contributed by atoms with Gasteiger partial charge in [0.25, 0.3) is 0 Å². The van der Waals surface area contributed by atoms with Gasteiger partial charge in [0.2, 0.25) is 0 Å². The smallest absolute Gasteiger partial charge is 0.130 e. The molecule has 248 valence electrons. The van der Waals surface area contributed by atoms with E-state index in [1.165, 1.54) is 68.1 Å². The summed E-state index contributed by atoms with van der Waals surface area (Å²) in [7, 11) is 0. The summed E-state index contributed by atoms with van der Waals surface area (Å²) < 4.78 is 9.03. The number of aromatic nitrogens is 3. The molecule has 7 aromatic rings. The number of pyridine rings is 1. The van der Waals surface area contributed by atoms with Crippen molar-refractivity contribution in [2.45, 2.75) is 60.2 Å². The van der Waals surface area contributed by atoms with Gasteiger partial charge in [0.1, 0.15) is 11.5 Å². The topological polar surface area (TPSA) is 39.9 Å². The Morgan fingerprint density at radius 1 is 0.706 bits per heavy atom. The first kappa shape index (κ1) is 30.4. The number of fused-ring (bicyclic) bond motifs is 7. The Bertz CT molecular complexity index is 2370. The van der Waals surface area contributed by atoms with Crippen LogP contribution >= 0.6 is 11.8 Å². The van der Waals surface area contributed by atoms with Crippen molar-refractivity contribution < 1.29 is 4.74 Å². The molecule has 2 bridgehead atoms. The Kier molecular flexibility index (Phi) is 7.07. The Morgan fingerprint density at radius 2 is 1.43 bits per heavy atom. The first-order chi connectivity index (χ1) is 25.1. The zero-order valence-electron chi connectivity index (χ0n) is 28.7. The fraction of sp³-hybridized carbons (Fsp3) is 0.174. The summed E-state index contributed by atoms with van der Waals surface area (Å²) in [4.78, 5) is 7.52. The number of ether oxygens (including phenoxy) is 1. The molecule has 1 fully saturated rings. The fourth-order valence-electron chi connectivity index (χ4n) is 9.11. The molecule has 4 nitrogen and oxygen atoms in total. The lowest BCUT2D eigenvalue weighted by molar-refractivity contribution is 0.480. The minimum Gasteiger partial charge on any atom is -0.457 e. The zero-order chi connectivity index (χ0) is 34.1. The van der Waals surface area contributed by atoms with E-state index >= 15 is 0 Å². The monoisotopic (exact) mass is 679 g/mol. The van der Waals surface area contributed by atoms with E-state index in [4.69, 9.17) is 14.8 Å². The average molecular weight is 680 g/mol. The van der Waals surface area contributed by atoms with Crippen molar-refractivity contribution in [1.29, 1.82) is 0 Å². The van der Waals surface area contributed by atoms with E-state index in [0.717, 1.165) is 34.0 Å². The van der Waals surface area contributed by atoms with E-state index in [1.807, 2.05) is 24.0 Å². The first-order valence-electron chi connectivity index (χ1n) is 17.9. The van der Waals surface area contributed by atoms with Crippen LogP contribution in [-0.2, 0) is 5.41 Å². The van der Waals surface area contributed by atoms with Crippen molar-refractivity contribution in [3.8, 4) is 28.3 Å². The van der Waals surface area contributed by atoms with Crippen LogP contribution in [0, 0.1) is 13.8 Å². The highest BCUT2D eigenvalue weighted by Gasteiger charge is 2.45. The van der Waals surface area contributed by atoms with E-state index in [9.17, 15) is 0 Å². The van der Waals surface area contributed by atoms with Crippen molar-refractivity contribution in [2.24, 2.45) is 0 Å². The second kappa shape index (κ2) is 11.9. The quantitative estimate of drug-likeness (QED) is 0.175. The molecular formula is C46H37N3OS. The lowest BCUT2D eigenvalue weighted by atomic mass is 9.66. The fourth-order valence-corrected chi connectivity index (χ4v) is 10.3. The van der Waals surface area contributed by atoms with Gasteiger partial charge in [-0.05, 0) is 132 Å². The molecule has 0 saturated heterocycles.